The number of ketones is 1. The van der Waals surface area contributed by atoms with Crippen LogP contribution in [0.15, 0.2) is 40.9 Å². The van der Waals surface area contributed by atoms with Crippen LogP contribution < -0.4 is 4.31 Å². The Balaban J connectivity index is 2.39. The van der Waals surface area contributed by atoms with Crippen molar-refractivity contribution in [2.45, 2.75) is 6.92 Å². The Bertz CT molecular complexity index is 1010. The first-order valence-corrected chi connectivity index (χ1v) is 12.4. The van der Waals surface area contributed by atoms with Gasteiger partial charge < -0.3 is 0 Å². The van der Waals surface area contributed by atoms with Crippen LogP contribution in [0.2, 0.25) is 10.0 Å². The number of rotatable bonds is 8. The van der Waals surface area contributed by atoms with Gasteiger partial charge in [-0.2, -0.15) is 0 Å². The van der Waals surface area contributed by atoms with Crippen LogP contribution in [-0.2, 0) is 21.1 Å². The maximum absolute atomic E-state index is 12.7. The van der Waals surface area contributed by atoms with E-state index in [1.165, 1.54) is 19.1 Å². The minimum absolute atomic E-state index is 0.0387. The molecule has 0 fully saturated rings. The maximum Gasteiger partial charge on any atom is 0.261 e. The number of nitrogens with zero attached hydrogens (tertiary/aromatic N) is 1. The molecule has 0 radical (unpaired) electrons. The van der Waals surface area contributed by atoms with Crippen molar-refractivity contribution in [1.29, 1.82) is 0 Å². The molecule has 1 atom stereocenters. The van der Waals surface area contributed by atoms with Crippen LogP contribution >= 0.6 is 39.1 Å². The van der Waals surface area contributed by atoms with E-state index in [9.17, 15) is 22.0 Å². The van der Waals surface area contributed by atoms with Crippen LogP contribution in [0.4, 0.5) is 5.69 Å². The van der Waals surface area contributed by atoms with E-state index < -0.39 is 21.1 Å². The average molecular weight is 529 g/mol. The van der Waals surface area contributed by atoms with Crippen LogP contribution in [0, 0.1) is 0 Å². The van der Waals surface area contributed by atoms with Crippen molar-refractivity contribution in [2.24, 2.45) is 0 Å². The van der Waals surface area contributed by atoms with E-state index >= 15 is 0 Å². The van der Waals surface area contributed by atoms with Crippen LogP contribution in [-0.4, -0.2) is 41.0 Å². The standard InChI is InChI=1S/C17H16BrCl2NO5S2/c1-2-28(25,26)8-7-21(27(23)24)16-10-14(18)13(9-15(16)20)17(22)11-3-5-12(19)6-4-11/h3-6,9-10H,2,7-8H2,1H3,(H,23,24). The Morgan fingerprint density at radius 3 is 2.36 bits per heavy atom. The van der Waals surface area contributed by atoms with Gasteiger partial charge in [0, 0.05) is 32.9 Å². The summed E-state index contributed by atoms with van der Waals surface area (Å²) in [4.78, 5) is 12.7. The summed E-state index contributed by atoms with van der Waals surface area (Å²) in [5.41, 5.74) is 0.778. The molecule has 0 aliphatic rings. The molecule has 6 nitrogen and oxygen atoms in total. The largest absolute Gasteiger partial charge is 0.289 e. The molecule has 0 saturated carbocycles. The van der Waals surface area contributed by atoms with Crippen molar-refractivity contribution in [3.8, 4) is 0 Å². The highest BCUT2D eigenvalue weighted by Crippen LogP contribution is 2.34. The number of halogens is 3. The quantitative estimate of drug-likeness (QED) is 0.406. The molecule has 11 heteroatoms. The third-order valence-electron chi connectivity index (χ3n) is 3.89. The van der Waals surface area contributed by atoms with Gasteiger partial charge >= 0.3 is 0 Å². The molecule has 0 aromatic heterocycles. The molecule has 0 bridgehead atoms. The minimum Gasteiger partial charge on any atom is -0.289 e. The summed E-state index contributed by atoms with van der Waals surface area (Å²) < 4.78 is 46.1. The third-order valence-corrected chi connectivity index (χ3v) is 7.54. The zero-order valence-corrected chi connectivity index (χ0v) is 19.3. The first-order valence-electron chi connectivity index (χ1n) is 7.94. The normalized spacial score (nSPS) is 12.6. The smallest absolute Gasteiger partial charge is 0.261 e. The zero-order valence-electron chi connectivity index (χ0n) is 14.6. The minimum atomic E-state index is -3.35. The number of carbonyl (C=O) groups is 1. The summed E-state index contributed by atoms with van der Waals surface area (Å²) in [6.45, 7) is 1.27. The first-order chi connectivity index (χ1) is 13.1. The van der Waals surface area contributed by atoms with Crippen molar-refractivity contribution < 1.29 is 22.0 Å². The summed E-state index contributed by atoms with van der Waals surface area (Å²) in [5.74, 6) is -0.706. The van der Waals surface area contributed by atoms with Gasteiger partial charge in [0.25, 0.3) is 11.3 Å². The van der Waals surface area contributed by atoms with Crippen molar-refractivity contribution in [3.63, 3.8) is 0 Å². The second kappa shape index (κ2) is 9.69. The molecule has 152 valence electrons. The van der Waals surface area contributed by atoms with Gasteiger partial charge in [-0.25, -0.2) is 12.6 Å². The van der Waals surface area contributed by atoms with E-state index in [-0.39, 0.29) is 40.1 Å². The number of sulfone groups is 1. The SMILES string of the molecule is CCS(=O)(=O)CCN(c1cc(Br)c(C(=O)c2ccc(Cl)cc2)cc1Cl)S(=O)O. The number of hydrogen-bond donors (Lipinski definition) is 1. The molecule has 0 amide bonds. The van der Waals surface area contributed by atoms with Gasteiger partial charge in [0.1, 0.15) is 0 Å². The molecule has 0 spiro atoms. The molecule has 2 aromatic carbocycles. The Morgan fingerprint density at radius 1 is 1.21 bits per heavy atom. The lowest BCUT2D eigenvalue weighted by Gasteiger charge is -2.22. The van der Waals surface area contributed by atoms with E-state index in [1.807, 2.05) is 0 Å². The lowest BCUT2D eigenvalue weighted by Crippen LogP contribution is -2.31. The lowest BCUT2D eigenvalue weighted by molar-refractivity contribution is 0.103. The highest BCUT2D eigenvalue weighted by atomic mass is 79.9. The topological polar surface area (TPSA) is 91.8 Å². The Morgan fingerprint density at radius 2 is 1.82 bits per heavy atom. The van der Waals surface area contributed by atoms with Crippen LogP contribution in [0.5, 0.6) is 0 Å². The molecule has 28 heavy (non-hydrogen) atoms. The highest BCUT2D eigenvalue weighted by molar-refractivity contribution is 9.10. The predicted molar refractivity (Wildman–Crippen MR) is 116 cm³/mol. The molecule has 1 unspecified atom stereocenters. The summed E-state index contributed by atoms with van der Waals surface area (Å²) in [6, 6.07) is 9.10. The van der Waals surface area contributed by atoms with E-state index in [0.29, 0.717) is 15.1 Å². The van der Waals surface area contributed by atoms with Crippen molar-refractivity contribution in [2.75, 3.05) is 22.4 Å². The Labute approximate surface area is 184 Å². The molecule has 2 aromatic rings. The van der Waals surface area contributed by atoms with Gasteiger partial charge in [0.05, 0.1) is 16.5 Å². The number of benzene rings is 2. The number of hydrogen-bond acceptors (Lipinski definition) is 4. The van der Waals surface area contributed by atoms with Gasteiger partial charge in [-0.15, -0.1) is 0 Å². The summed E-state index contributed by atoms with van der Waals surface area (Å²) in [7, 11) is -3.35. The molecular formula is C17H16BrCl2NO5S2. The molecule has 0 heterocycles. The predicted octanol–water partition coefficient (Wildman–Crippen LogP) is 4.36. The summed E-state index contributed by atoms with van der Waals surface area (Å²) in [5, 5.41) is 0.531. The molecular weight excluding hydrogens is 513 g/mol. The first kappa shape index (κ1) is 23.3. The van der Waals surface area contributed by atoms with E-state index in [1.54, 1.807) is 24.3 Å². The maximum atomic E-state index is 12.7. The molecule has 2 rings (SSSR count). The zero-order chi connectivity index (χ0) is 21.1. The second-order valence-electron chi connectivity index (χ2n) is 5.69. The van der Waals surface area contributed by atoms with Crippen molar-refractivity contribution in [3.05, 3.63) is 62.0 Å². The Kier molecular flexibility index (Phi) is 8.06. The molecule has 0 aliphatic heterocycles. The van der Waals surface area contributed by atoms with Gasteiger partial charge in [0.2, 0.25) is 0 Å². The average Bonchev–Trinajstić information content (AvgIpc) is 2.64. The van der Waals surface area contributed by atoms with Gasteiger partial charge in [-0.05, 0) is 52.3 Å². The van der Waals surface area contributed by atoms with Crippen LogP contribution in [0.3, 0.4) is 0 Å². The van der Waals surface area contributed by atoms with E-state index in [2.05, 4.69) is 15.9 Å². The second-order valence-corrected chi connectivity index (χ2v) is 10.8. The summed E-state index contributed by atoms with van der Waals surface area (Å²) >= 11 is 12.9. The molecule has 0 saturated heterocycles. The fourth-order valence-corrected chi connectivity index (χ4v) is 4.69. The van der Waals surface area contributed by atoms with E-state index in [4.69, 9.17) is 23.2 Å². The van der Waals surface area contributed by atoms with Crippen LogP contribution in [0.1, 0.15) is 22.8 Å². The highest BCUT2D eigenvalue weighted by Gasteiger charge is 2.22. The number of anilines is 1. The monoisotopic (exact) mass is 527 g/mol. The van der Waals surface area contributed by atoms with Crippen molar-refractivity contribution in [1.82, 2.24) is 0 Å². The van der Waals surface area contributed by atoms with Gasteiger partial charge in [0.15, 0.2) is 15.6 Å². The van der Waals surface area contributed by atoms with E-state index in [0.717, 1.165) is 4.31 Å². The summed E-state index contributed by atoms with van der Waals surface area (Å²) in [6.07, 6.45) is 0. The van der Waals surface area contributed by atoms with Crippen LogP contribution in [0.25, 0.3) is 0 Å². The Hall–Kier alpha value is -0.970. The fourth-order valence-electron chi connectivity index (χ4n) is 2.31. The molecule has 0 aliphatic carbocycles. The lowest BCUT2D eigenvalue weighted by atomic mass is 10.0. The van der Waals surface area contributed by atoms with Gasteiger partial charge in [-0.1, -0.05) is 30.1 Å². The fraction of sp³-hybridized carbons (Fsp3) is 0.235. The third kappa shape index (κ3) is 5.77. The van der Waals surface area contributed by atoms with Crippen molar-refractivity contribution >= 4 is 71.7 Å². The van der Waals surface area contributed by atoms with Gasteiger partial charge in [-0.3, -0.25) is 13.7 Å². The number of carbonyl (C=O) groups excluding carboxylic acids is 1. The molecule has 1 N–H and O–H groups in total.